The molecule has 0 bridgehead atoms. The number of rotatable bonds is 63. The Kier molecular flexibility index (Phi) is 63.7. The predicted molar refractivity (Wildman–Crippen MR) is 378 cm³/mol. The van der Waals surface area contributed by atoms with Crippen molar-refractivity contribution in [3.8, 4) is 0 Å². The van der Waals surface area contributed by atoms with E-state index in [1.807, 2.05) is 21.1 Å². The van der Waals surface area contributed by atoms with Crippen molar-refractivity contribution in [1.29, 1.82) is 0 Å². The second kappa shape index (κ2) is 67.0. The SMILES string of the molecule is CC/C=C\C/C=C\C/C=C\C/C=C\C/C=C\C/C=C\C/C=C\C/C=C\CCCCCCCCCCCCCCCCCCC(=O)OC(COC(=O)CCCCCCCCC/C=C\C/C=C\C/C=C\C/C=C\C/C=C\CC)COP(=O)([O-])OCC[N+](C)(C)C. The van der Waals surface area contributed by atoms with E-state index in [9.17, 15) is 19.0 Å². The van der Waals surface area contributed by atoms with Gasteiger partial charge in [0, 0.05) is 12.8 Å². The molecular weight excluding hydrogens is 1110 g/mol. The number of likely N-dealkylation sites (N-methyl/N-ethyl adjacent to an activating group) is 1. The van der Waals surface area contributed by atoms with Gasteiger partial charge in [-0.2, -0.15) is 0 Å². The van der Waals surface area contributed by atoms with Crippen molar-refractivity contribution >= 4 is 19.8 Å². The van der Waals surface area contributed by atoms with E-state index in [1.165, 1.54) is 103 Å². The van der Waals surface area contributed by atoms with Crippen LogP contribution in [0.15, 0.2) is 158 Å². The zero-order valence-corrected chi connectivity index (χ0v) is 57.8. The van der Waals surface area contributed by atoms with Gasteiger partial charge in [0.1, 0.15) is 19.8 Å². The molecule has 88 heavy (non-hydrogen) atoms. The van der Waals surface area contributed by atoms with Crippen molar-refractivity contribution in [1.82, 2.24) is 0 Å². The molecule has 0 rings (SSSR count). The smallest absolute Gasteiger partial charge is 0.306 e. The normalized spacial score (nSPS) is 14.1. The zero-order valence-electron chi connectivity index (χ0n) is 56.9. The van der Waals surface area contributed by atoms with Gasteiger partial charge in [0.2, 0.25) is 0 Å². The molecule has 0 aliphatic heterocycles. The van der Waals surface area contributed by atoms with Crippen LogP contribution in [0.1, 0.15) is 271 Å². The molecule has 0 aromatic carbocycles. The third kappa shape index (κ3) is 70.7. The van der Waals surface area contributed by atoms with Crippen LogP contribution in [0, 0.1) is 0 Å². The molecule has 0 saturated carbocycles. The molecule has 0 heterocycles. The Balaban J connectivity index is 4.05. The van der Waals surface area contributed by atoms with Crippen molar-refractivity contribution < 1.29 is 42.1 Å². The van der Waals surface area contributed by atoms with Crippen LogP contribution in [0.2, 0.25) is 0 Å². The van der Waals surface area contributed by atoms with Crippen molar-refractivity contribution in [2.24, 2.45) is 0 Å². The Morgan fingerprint density at radius 3 is 0.909 bits per heavy atom. The quantitative estimate of drug-likeness (QED) is 0.0195. The number of hydrogen-bond donors (Lipinski definition) is 0. The van der Waals surface area contributed by atoms with E-state index >= 15 is 0 Å². The molecule has 0 spiro atoms. The van der Waals surface area contributed by atoms with E-state index in [0.29, 0.717) is 23.9 Å². The molecule has 0 aromatic heterocycles. The van der Waals surface area contributed by atoms with Crippen LogP contribution in [0.25, 0.3) is 0 Å². The van der Waals surface area contributed by atoms with Gasteiger partial charge in [0.15, 0.2) is 6.10 Å². The fourth-order valence-corrected chi connectivity index (χ4v) is 9.96. The first-order valence-electron chi connectivity index (χ1n) is 35.2. The molecule has 0 saturated heterocycles. The summed E-state index contributed by atoms with van der Waals surface area (Å²) >= 11 is 0. The van der Waals surface area contributed by atoms with Crippen LogP contribution >= 0.6 is 7.82 Å². The number of nitrogens with zero attached hydrogens (tertiary/aromatic N) is 1. The highest BCUT2D eigenvalue weighted by Gasteiger charge is 2.22. The van der Waals surface area contributed by atoms with Crippen LogP contribution in [0.3, 0.4) is 0 Å². The highest BCUT2D eigenvalue weighted by molar-refractivity contribution is 7.45. The molecule has 0 aliphatic carbocycles. The molecular formula is C78H130NO8P. The average Bonchev–Trinajstić information content (AvgIpc) is 3.58. The lowest BCUT2D eigenvalue weighted by Gasteiger charge is -2.28. The van der Waals surface area contributed by atoms with Gasteiger partial charge in [0.25, 0.3) is 7.82 Å². The number of phosphoric acid groups is 1. The van der Waals surface area contributed by atoms with Crippen LogP contribution < -0.4 is 4.89 Å². The molecule has 0 N–H and O–H groups in total. The second-order valence-corrected chi connectivity index (χ2v) is 25.5. The summed E-state index contributed by atoms with van der Waals surface area (Å²) < 4.78 is 34.3. The van der Waals surface area contributed by atoms with E-state index < -0.39 is 32.5 Å². The molecule has 10 heteroatoms. The van der Waals surface area contributed by atoms with Gasteiger partial charge >= 0.3 is 11.9 Å². The maximum atomic E-state index is 12.9. The lowest BCUT2D eigenvalue weighted by Crippen LogP contribution is -2.37. The van der Waals surface area contributed by atoms with Crippen LogP contribution in [0.5, 0.6) is 0 Å². The van der Waals surface area contributed by atoms with E-state index in [4.69, 9.17) is 18.5 Å². The molecule has 0 fully saturated rings. The summed E-state index contributed by atoms with van der Waals surface area (Å²) in [7, 11) is 1.15. The molecule has 2 atom stereocenters. The number of carbonyl (C=O) groups is 2. The minimum atomic E-state index is -4.65. The first-order chi connectivity index (χ1) is 43.0. The minimum absolute atomic E-state index is 0.0393. The number of phosphoric ester groups is 1. The molecule has 0 radical (unpaired) electrons. The molecule has 2 unspecified atom stereocenters. The standard InChI is InChI=1S/C78H130NO8P/c1-6-8-10-12-14-16-18-20-22-24-26-28-30-31-32-33-34-35-36-37-38-39-40-41-42-43-44-45-46-47-49-51-53-55-57-59-61-63-65-67-69-71-78(81)87-76(75-86-88(82,83)85-73-72-79(3,4)5)74-84-77(80)70-68-66-64-62-60-58-56-54-52-50-48-29-27-25-23-21-19-17-15-13-11-9-7-2/h8-11,14-17,20-23,26-29,31-32,34-35,37-38,40-41,50,52,76H,6-7,12-13,18-19,24-25,30,33,36,39,42-49,51,53-75H2,1-5H3/b10-8-,11-9-,16-14-,17-15-,22-20-,23-21-,28-26-,29-27-,32-31-,35-34-,38-37-,41-40-,52-50-. The topological polar surface area (TPSA) is 111 Å². The number of esters is 2. The highest BCUT2D eigenvalue weighted by Crippen LogP contribution is 2.38. The number of unbranched alkanes of at least 4 members (excludes halogenated alkanes) is 23. The monoisotopic (exact) mass is 1240 g/mol. The van der Waals surface area contributed by atoms with E-state index in [1.54, 1.807) is 0 Å². The third-order valence-electron chi connectivity index (χ3n) is 14.5. The molecule has 0 amide bonds. The van der Waals surface area contributed by atoms with Crippen LogP contribution in [0.4, 0.5) is 0 Å². The van der Waals surface area contributed by atoms with Gasteiger partial charge in [0.05, 0.1) is 27.7 Å². The minimum Gasteiger partial charge on any atom is -0.756 e. The number of ether oxygens (including phenoxy) is 2. The summed E-state index contributed by atoms with van der Waals surface area (Å²) in [6.45, 7) is 4.00. The Morgan fingerprint density at radius 1 is 0.352 bits per heavy atom. The van der Waals surface area contributed by atoms with Gasteiger partial charge in [-0.3, -0.25) is 14.2 Å². The van der Waals surface area contributed by atoms with Crippen molar-refractivity contribution in [3.05, 3.63) is 158 Å². The summed E-state index contributed by atoms with van der Waals surface area (Å²) in [6.07, 6.45) is 100. The lowest BCUT2D eigenvalue weighted by atomic mass is 10.0. The van der Waals surface area contributed by atoms with E-state index in [0.717, 1.165) is 128 Å². The van der Waals surface area contributed by atoms with Crippen LogP contribution in [-0.4, -0.2) is 70.0 Å². The fraction of sp³-hybridized carbons (Fsp3) is 0.641. The zero-order chi connectivity index (χ0) is 64.1. The van der Waals surface area contributed by atoms with Gasteiger partial charge in [-0.05, 0) is 122 Å². The number of allylic oxidation sites excluding steroid dienone is 26. The summed E-state index contributed by atoms with van der Waals surface area (Å²) in [5.41, 5.74) is 0. The van der Waals surface area contributed by atoms with Crippen LogP contribution in [-0.2, 0) is 32.7 Å². The van der Waals surface area contributed by atoms with Crippen molar-refractivity contribution in [2.75, 3.05) is 47.5 Å². The second-order valence-electron chi connectivity index (χ2n) is 24.1. The first kappa shape index (κ1) is 83.6. The summed E-state index contributed by atoms with van der Waals surface area (Å²) in [6, 6.07) is 0. The number of hydrogen-bond acceptors (Lipinski definition) is 8. The largest absolute Gasteiger partial charge is 0.756 e. The van der Waals surface area contributed by atoms with E-state index in [2.05, 4.69) is 172 Å². The van der Waals surface area contributed by atoms with E-state index in [-0.39, 0.29) is 26.1 Å². The summed E-state index contributed by atoms with van der Waals surface area (Å²) in [5, 5.41) is 0. The summed E-state index contributed by atoms with van der Waals surface area (Å²) in [5.74, 6) is -0.849. The number of carbonyl (C=O) groups excluding carboxylic acids is 2. The summed E-state index contributed by atoms with van der Waals surface area (Å²) in [4.78, 5) is 38.1. The molecule has 500 valence electrons. The Morgan fingerprint density at radius 2 is 0.614 bits per heavy atom. The highest BCUT2D eigenvalue weighted by atomic mass is 31.2. The third-order valence-corrected chi connectivity index (χ3v) is 15.5. The molecule has 0 aromatic rings. The van der Waals surface area contributed by atoms with Gasteiger partial charge in [-0.15, -0.1) is 0 Å². The molecule has 9 nitrogen and oxygen atoms in total. The van der Waals surface area contributed by atoms with Gasteiger partial charge in [-0.25, -0.2) is 0 Å². The number of quaternary nitrogens is 1. The Bertz CT molecular complexity index is 2040. The van der Waals surface area contributed by atoms with Crippen molar-refractivity contribution in [2.45, 2.75) is 277 Å². The van der Waals surface area contributed by atoms with Gasteiger partial charge in [-0.1, -0.05) is 294 Å². The Labute approximate surface area is 541 Å². The Hall–Kier alpha value is -4.37. The van der Waals surface area contributed by atoms with Gasteiger partial charge < -0.3 is 27.9 Å². The first-order valence-corrected chi connectivity index (χ1v) is 36.7. The fourth-order valence-electron chi connectivity index (χ4n) is 9.23. The molecule has 0 aliphatic rings. The maximum absolute atomic E-state index is 12.9. The lowest BCUT2D eigenvalue weighted by molar-refractivity contribution is -0.870. The van der Waals surface area contributed by atoms with Crippen molar-refractivity contribution in [3.63, 3.8) is 0 Å². The predicted octanol–water partition coefficient (Wildman–Crippen LogP) is 22.5. The average molecular weight is 1240 g/mol. The maximum Gasteiger partial charge on any atom is 0.306 e.